The van der Waals surface area contributed by atoms with Crippen molar-refractivity contribution in [3.63, 3.8) is 0 Å². The molecule has 0 heterocycles. The summed E-state index contributed by atoms with van der Waals surface area (Å²) in [5, 5.41) is 9.00. The van der Waals surface area contributed by atoms with Gasteiger partial charge in [0.2, 0.25) is 10.0 Å². The molecular weight excluding hydrogens is 323 g/mol. The Bertz CT molecular complexity index is 668. The van der Waals surface area contributed by atoms with Crippen LogP contribution in [0.15, 0.2) is 23.1 Å². The van der Waals surface area contributed by atoms with Crippen molar-refractivity contribution in [2.24, 2.45) is 5.92 Å². The average Bonchev–Trinajstić information content (AvgIpc) is 2.33. The van der Waals surface area contributed by atoms with Gasteiger partial charge in [0.25, 0.3) is 0 Å². The van der Waals surface area contributed by atoms with Crippen molar-refractivity contribution in [1.29, 1.82) is 0 Å². The number of sulfonamides is 1. The molecule has 1 aromatic carbocycles. The van der Waals surface area contributed by atoms with E-state index in [1.54, 1.807) is 0 Å². The molecule has 0 bridgehead atoms. The zero-order valence-electron chi connectivity index (χ0n) is 12.1. The smallest absolute Gasteiger partial charge is 0.416 e. The van der Waals surface area contributed by atoms with Gasteiger partial charge in [-0.2, -0.15) is 17.9 Å². The van der Waals surface area contributed by atoms with Crippen molar-refractivity contribution in [1.82, 2.24) is 4.72 Å². The SMILES string of the molecule is Cc1cc(C(F)(F)F)ccc1S(=O)(=O)N[C@H](C(=O)O)C(C)C. The van der Waals surface area contributed by atoms with Crippen LogP contribution in [0.1, 0.15) is 25.0 Å². The van der Waals surface area contributed by atoms with E-state index >= 15 is 0 Å². The molecule has 0 saturated carbocycles. The maximum absolute atomic E-state index is 12.6. The first-order chi connectivity index (χ1) is 9.86. The summed E-state index contributed by atoms with van der Waals surface area (Å²) in [6.45, 7) is 4.25. The second-order valence-corrected chi connectivity index (χ2v) is 6.84. The molecule has 0 aliphatic carbocycles. The summed E-state index contributed by atoms with van der Waals surface area (Å²) in [6.07, 6.45) is -4.58. The van der Waals surface area contributed by atoms with Gasteiger partial charge in [0.1, 0.15) is 6.04 Å². The number of aliphatic carboxylic acids is 1. The summed E-state index contributed by atoms with van der Waals surface area (Å²) in [4.78, 5) is 10.7. The first-order valence-electron chi connectivity index (χ1n) is 6.29. The Kier molecular flexibility index (Phi) is 5.24. The van der Waals surface area contributed by atoms with E-state index in [2.05, 4.69) is 0 Å². The predicted molar refractivity (Wildman–Crippen MR) is 72.8 cm³/mol. The van der Waals surface area contributed by atoms with E-state index in [0.717, 1.165) is 6.07 Å². The molecule has 1 rings (SSSR count). The monoisotopic (exact) mass is 339 g/mol. The van der Waals surface area contributed by atoms with Crippen LogP contribution in [0.4, 0.5) is 13.2 Å². The third-order valence-corrected chi connectivity index (χ3v) is 4.61. The lowest BCUT2D eigenvalue weighted by Crippen LogP contribution is -2.44. The van der Waals surface area contributed by atoms with Gasteiger partial charge in [-0.05, 0) is 36.6 Å². The molecule has 9 heteroatoms. The minimum Gasteiger partial charge on any atom is -0.480 e. The lowest BCUT2D eigenvalue weighted by molar-refractivity contribution is -0.140. The van der Waals surface area contributed by atoms with Crippen LogP contribution in [0, 0.1) is 12.8 Å². The summed E-state index contributed by atoms with van der Waals surface area (Å²) in [6, 6.07) is 0.804. The first kappa shape index (κ1) is 18.4. The molecule has 0 amide bonds. The number of hydrogen-bond donors (Lipinski definition) is 2. The molecule has 124 valence electrons. The fourth-order valence-electron chi connectivity index (χ4n) is 1.83. The van der Waals surface area contributed by atoms with E-state index in [4.69, 9.17) is 5.11 Å². The zero-order chi connectivity index (χ0) is 17.3. The number of benzene rings is 1. The molecule has 1 aromatic rings. The Hall–Kier alpha value is -1.61. The predicted octanol–water partition coefficient (Wildman–Crippen LogP) is 2.40. The minimum atomic E-state index is -4.58. The third kappa shape index (κ3) is 4.20. The Morgan fingerprint density at radius 3 is 2.18 bits per heavy atom. The van der Waals surface area contributed by atoms with Gasteiger partial charge in [0.15, 0.2) is 0 Å². The highest BCUT2D eigenvalue weighted by atomic mass is 32.2. The van der Waals surface area contributed by atoms with Crippen LogP contribution in [0.3, 0.4) is 0 Å². The molecule has 0 spiro atoms. The van der Waals surface area contributed by atoms with E-state index in [1.165, 1.54) is 20.8 Å². The van der Waals surface area contributed by atoms with Gasteiger partial charge in [0, 0.05) is 0 Å². The van der Waals surface area contributed by atoms with Crippen LogP contribution in [-0.2, 0) is 21.0 Å². The summed E-state index contributed by atoms with van der Waals surface area (Å²) in [7, 11) is -4.24. The first-order valence-corrected chi connectivity index (χ1v) is 7.77. The summed E-state index contributed by atoms with van der Waals surface area (Å²) in [5.74, 6) is -1.88. The van der Waals surface area contributed by atoms with Gasteiger partial charge in [-0.15, -0.1) is 0 Å². The Morgan fingerprint density at radius 1 is 1.27 bits per heavy atom. The van der Waals surface area contributed by atoms with Gasteiger partial charge in [-0.1, -0.05) is 13.8 Å². The van der Waals surface area contributed by atoms with Crippen LogP contribution in [0.2, 0.25) is 0 Å². The summed E-state index contributed by atoms with van der Waals surface area (Å²) in [5.41, 5.74) is -1.09. The number of rotatable bonds is 5. The average molecular weight is 339 g/mol. The van der Waals surface area contributed by atoms with Gasteiger partial charge in [-0.25, -0.2) is 8.42 Å². The van der Waals surface area contributed by atoms with Crippen LogP contribution in [-0.4, -0.2) is 25.5 Å². The van der Waals surface area contributed by atoms with Gasteiger partial charge in [-0.3, -0.25) is 4.79 Å². The van der Waals surface area contributed by atoms with E-state index in [0.29, 0.717) is 12.1 Å². The van der Waals surface area contributed by atoms with Gasteiger partial charge >= 0.3 is 12.1 Å². The molecule has 5 nitrogen and oxygen atoms in total. The quantitative estimate of drug-likeness (QED) is 0.863. The van der Waals surface area contributed by atoms with Crippen molar-refractivity contribution < 1.29 is 31.5 Å². The second kappa shape index (κ2) is 6.25. The van der Waals surface area contributed by atoms with Crippen LogP contribution < -0.4 is 4.72 Å². The molecular formula is C13H16F3NO4S. The van der Waals surface area contributed by atoms with Gasteiger partial charge in [0.05, 0.1) is 10.5 Å². The highest BCUT2D eigenvalue weighted by Crippen LogP contribution is 2.31. The fraction of sp³-hybridized carbons (Fsp3) is 0.462. The van der Waals surface area contributed by atoms with E-state index in [9.17, 15) is 26.4 Å². The Balaban J connectivity index is 3.21. The molecule has 22 heavy (non-hydrogen) atoms. The van der Waals surface area contributed by atoms with Gasteiger partial charge < -0.3 is 5.11 Å². The standard InChI is InChI=1S/C13H16F3NO4S/c1-7(2)11(12(18)19)17-22(20,21)10-5-4-9(6-8(10)3)13(14,15)16/h4-7,11,17H,1-3H3,(H,18,19)/t11-/m0/s1. The molecule has 0 radical (unpaired) electrons. The zero-order valence-corrected chi connectivity index (χ0v) is 12.9. The molecule has 0 aromatic heterocycles. The summed E-state index contributed by atoms with van der Waals surface area (Å²) >= 11 is 0. The van der Waals surface area contributed by atoms with Crippen molar-refractivity contribution in [2.45, 2.75) is 37.9 Å². The second-order valence-electron chi connectivity index (χ2n) is 5.16. The molecule has 0 aliphatic rings. The largest absolute Gasteiger partial charge is 0.480 e. The molecule has 0 aliphatic heterocycles. The summed E-state index contributed by atoms with van der Waals surface area (Å²) < 4.78 is 64.1. The number of carboxylic acid groups (broad SMARTS) is 1. The lowest BCUT2D eigenvalue weighted by atomic mass is 10.1. The van der Waals surface area contributed by atoms with Crippen LogP contribution >= 0.6 is 0 Å². The Labute approximate surface area is 126 Å². The van der Waals surface area contributed by atoms with Crippen molar-refractivity contribution in [2.75, 3.05) is 0 Å². The molecule has 0 unspecified atom stereocenters. The van der Waals surface area contributed by atoms with Crippen LogP contribution in [0.5, 0.6) is 0 Å². The van der Waals surface area contributed by atoms with E-state index in [1.807, 2.05) is 4.72 Å². The van der Waals surface area contributed by atoms with Crippen LogP contribution in [0.25, 0.3) is 0 Å². The fourth-order valence-corrected chi connectivity index (χ4v) is 3.39. The molecule has 0 saturated heterocycles. The Morgan fingerprint density at radius 2 is 1.82 bits per heavy atom. The van der Waals surface area contributed by atoms with Crippen molar-refractivity contribution >= 4 is 16.0 Å². The highest BCUT2D eigenvalue weighted by molar-refractivity contribution is 7.89. The minimum absolute atomic E-state index is 0.116. The maximum Gasteiger partial charge on any atom is 0.416 e. The lowest BCUT2D eigenvalue weighted by Gasteiger charge is -2.19. The number of alkyl halides is 3. The third-order valence-electron chi connectivity index (χ3n) is 3.01. The number of carboxylic acids is 1. The normalized spacial score (nSPS) is 14.1. The maximum atomic E-state index is 12.6. The van der Waals surface area contributed by atoms with E-state index < -0.39 is 39.7 Å². The number of hydrogen-bond acceptors (Lipinski definition) is 3. The molecule has 2 N–H and O–H groups in total. The molecule has 0 fully saturated rings. The van der Waals surface area contributed by atoms with Crippen molar-refractivity contribution in [3.05, 3.63) is 29.3 Å². The van der Waals surface area contributed by atoms with E-state index in [-0.39, 0.29) is 10.5 Å². The number of carbonyl (C=O) groups is 1. The number of aryl methyl sites for hydroxylation is 1. The highest BCUT2D eigenvalue weighted by Gasteiger charge is 2.33. The molecule has 1 atom stereocenters. The number of nitrogens with one attached hydrogen (secondary N) is 1. The number of halogens is 3. The topological polar surface area (TPSA) is 83.5 Å². The van der Waals surface area contributed by atoms with Crippen molar-refractivity contribution in [3.8, 4) is 0 Å².